The summed E-state index contributed by atoms with van der Waals surface area (Å²) < 4.78 is 9.50. The number of rotatable bonds is 4. The van der Waals surface area contributed by atoms with Gasteiger partial charge >= 0.3 is 136 Å². The Hall–Kier alpha value is 2.09. The average molecular weight is 463 g/mol. The Bertz CT molecular complexity index is 190. The number of hydrogen-bond donors (Lipinski definition) is 0. The van der Waals surface area contributed by atoms with Crippen molar-refractivity contribution in [3.05, 3.63) is 0 Å². The van der Waals surface area contributed by atoms with E-state index < -0.39 is 23.7 Å². The molecule has 0 bridgehead atoms. The molecule has 4 nitrogen and oxygen atoms in total. The molecule has 0 rings (SSSR count). The van der Waals surface area contributed by atoms with Crippen LogP contribution < -0.4 is 0 Å². The van der Waals surface area contributed by atoms with Crippen LogP contribution in [0.1, 0.15) is 0 Å². The number of nitrogens with zero attached hydrogens (tertiary/aromatic N) is 4. The Balaban J connectivity index is 0. The van der Waals surface area contributed by atoms with Crippen molar-refractivity contribution in [2.45, 2.75) is 0 Å². The summed E-state index contributed by atoms with van der Waals surface area (Å²) in [5, 5.41) is 0. The van der Waals surface area contributed by atoms with Crippen LogP contribution in [0.4, 0.5) is 0 Å². The van der Waals surface area contributed by atoms with Crippen molar-refractivity contribution < 1.29 is 0 Å². The van der Waals surface area contributed by atoms with Gasteiger partial charge in [0.2, 0.25) is 0 Å². The maximum absolute atomic E-state index is 5.01. The Morgan fingerprint density at radius 3 is 0.611 bits per heavy atom. The molecule has 0 radical (unpaired) electrons. The summed E-state index contributed by atoms with van der Waals surface area (Å²) in [6.07, 6.45) is 0. The first kappa shape index (κ1) is 22.4. The van der Waals surface area contributed by atoms with Crippen LogP contribution >= 0.6 is 40.0 Å². The molecule has 0 aliphatic rings. The summed E-state index contributed by atoms with van der Waals surface area (Å²) in [5.41, 5.74) is 0. The molecule has 0 aromatic carbocycles. The van der Waals surface area contributed by atoms with Crippen molar-refractivity contribution in [3.8, 4) is 0 Å². The minimum atomic E-state index is -3.11. The van der Waals surface area contributed by atoms with Crippen LogP contribution in [-0.4, -0.2) is 95.5 Å². The zero-order valence-corrected chi connectivity index (χ0v) is 19.5. The van der Waals surface area contributed by atoms with Crippen LogP contribution in [0.3, 0.4) is 0 Å². The van der Waals surface area contributed by atoms with Crippen molar-refractivity contribution in [2.24, 2.45) is 0 Å². The molecule has 0 fully saturated rings. The van der Waals surface area contributed by atoms with E-state index in [0.717, 1.165) is 0 Å². The van der Waals surface area contributed by atoms with Gasteiger partial charge in [0.1, 0.15) is 0 Å². The van der Waals surface area contributed by atoms with Gasteiger partial charge in [-0.25, -0.2) is 0 Å². The van der Waals surface area contributed by atoms with Gasteiger partial charge in [-0.2, -0.15) is 0 Å². The molecule has 0 unspecified atom stereocenters. The van der Waals surface area contributed by atoms with Crippen LogP contribution in [0.5, 0.6) is 0 Å². The first-order valence-electron chi connectivity index (χ1n) is 5.23. The molecule has 0 aliphatic heterocycles. The van der Waals surface area contributed by atoms with Gasteiger partial charge in [-0.15, -0.1) is 0 Å². The van der Waals surface area contributed by atoms with Gasteiger partial charge in [0.15, 0.2) is 0 Å². The van der Waals surface area contributed by atoms with E-state index in [9.17, 15) is 0 Å². The topological polar surface area (TPSA) is 13.0 Å². The summed E-state index contributed by atoms with van der Waals surface area (Å²) in [6.45, 7) is 0. The molecule has 0 aliphatic carbocycles. The molecule has 0 saturated carbocycles. The van der Waals surface area contributed by atoms with Gasteiger partial charge in [-0.1, -0.05) is 0 Å². The Morgan fingerprint density at radius 2 is 0.611 bits per heavy atom. The molecule has 112 valence electrons. The molecule has 0 spiro atoms. The van der Waals surface area contributed by atoms with Gasteiger partial charge in [0.25, 0.3) is 0 Å². The van der Waals surface area contributed by atoms with Gasteiger partial charge < -0.3 is 0 Å². The Kier molecular flexibility index (Phi) is 11.4. The van der Waals surface area contributed by atoms with E-state index in [0.29, 0.717) is 0 Å². The molecule has 0 N–H and O–H groups in total. The summed E-state index contributed by atoms with van der Waals surface area (Å²) >= 11 is -2.33. The second-order valence-electron chi connectivity index (χ2n) is 4.61. The molecule has 10 heteroatoms. The number of hydrogen-bond acceptors (Lipinski definition) is 4. The van der Waals surface area contributed by atoms with E-state index in [1.807, 2.05) is 0 Å². The maximum atomic E-state index is 5.01. The third-order valence-electron chi connectivity index (χ3n) is 2.40. The third-order valence-corrected chi connectivity index (χ3v) is 12.5. The van der Waals surface area contributed by atoms with Gasteiger partial charge in [-0.05, 0) is 0 Å². The third kappa shape index (κ3) is 7.76. The summed E-state index contributed by atoms with van der Waals surface area (Å²) in [5.74, 6) is 0. The van der Waals surface area contributed by atoms with Crippen LogP contribution in [0, 0.1) is 0 Å². The summed E-state index contributed by atoms with van der Waals surface area (Å²) in [7, 11) is 34.3. The normalized spacial score (nSPS) is 13.3. The van der Waals surface area contributed by atoms with Crippen molar-refractivity contribution >= 4 is 63.7 Å². The minimum absolute atomic E-state index is 2.17. The van der Waals surface area contributed by atoms with E-state index in [1.165, 1.54) is 0 Å². The fourth-order valence-corrected chi connectivity index (χ4v) is 12.5. The predicted molar refractivity (Wildman–Crippen MR) is 89.7 cm³/mol. The SMILES string of the molecule is C[N](C)[Ge]([N](C)C)([N](C)C)[N](C)C.[Cl][Ge]([Cl])([Cl])[Cl]. The Morgan fingerprint density at radius 1 is 0.500 bits per heavy atom. The van der Waals surface area contributed by atoms with E-state index in [2.05, 4.69) is 71.8 Å². The average Bonchev–Trinajstić information content (AvgIpc) is 1.96. The zero-order valence-electron chi connectivity index (χ0n) is 12.3. The van der Waals surface area contributed by atoms with Gasteiger partial charge in [-0.3, -0.25) is 0 Å². The molecular weight excluding hydrogens is 439 g/mol. The standard InChI is InChI=1S/C8H24GeN4.Cl4Ge/c1-10(2)9(11(3)4,12(5)6)13(7)8;1-5(2,3)4/h1-8H3;. The van der Waals surface area contributed by atoms with Crippen LogP contribution in [-0.2, 0) is 0 Å². The molecule has 0 aromatic heterocycles. The van der Waals surface area contributed by atoms with E-state index in [1.54, 1.807) is 0 Å². The molecule has 18 heavy (non-hydrogen) atoms. The molecule has 0 heterocycles. The molecule has 0 atom stereocenters. The zero-order chi connectivity index (χ0) is 15.3. The molecule has 0 amide bonds. The summed E-state index contributed by atoms with van der Waals surface area (Å²) in [4.78, 5) is 0. The monoisotopic (exact) mass is 464 g/mol. The van der Waals surface area contributed by atoms with E-state index >= 15 is 0 Å². The second kappa shape index (κ2) is 9.17. The number of halogens is 4. The molecule has 0 saturated heterocycles. The Labute approximate surface area is 134 Å². The fourth-order valence-electron chi connectivity index (χ4n) is 2.40. The first-order valence-corrected chi connectivity index (χ1v) is 20.0. The molecule has 0 aromatic rings. The van der Waals surface area contributed by atoms with Gasteiger partial charge in [0, 0.05) is 0 Å². The van der Waals surface area contributed by atoms with Crippen LogP contribution in [0.15, 0.2) is 0 Å². The van der Waals surface area contributed by atoms with Gasteiger partial charge in [0.05, 0.1) is 0 Å². The van der Waals surface area contributed by atoms with E-state index in [4.69, 9.17) is 40.0 Å². The van der Waals surface area contributed by atoms with Crippen molar-refractivity contribution in [3.63, 3.8) is 0 Å². The van der Waals surface area contributed by atoms with Crippen LogP contribution in [0.2, 0.25) is 0 Å². The van der Waals surface area contributed by atoms with Crippen LogP contribution in [0.25, 0.3) is 0 Å². The van der Waals surface area contributed by atoms with E-state index in [-0.39, 0.29) is 0 Å². The van der Waals surface area contributed by atoms with Crippen molar-refractivity contribution in [1.82, 2.24) is 15.4 Å². The molecular formula is C8H24Cl4Ge2N4. The van der Waals surface area contributed by atoms with Crippen molar-refractivity contribution in [1.29, 1.82) is 0 Å². The quantitative estimate of drug-likeness (QED) is 0.592. The first-order chi connectivity index (χ1) is 7.77. The second-order valence-corrected chi connectivity index (χ2v) is 34.2. The summed E-state index contributed by atoms with van der Waals surface area (Å²) in [6, 6.07) is 0. The van der Waals surface area contributed by atoms with Crippen molar-refractivity contribution in [2.75, 3.05) is 56.4 Å². The predicted octanol–water partition coefficient (Wildman–Crippen LogP) is 2.05. The fraction of sp³-hybridized carbons (Fsp3) is 1.00.